The summed E-state index contributed by atoms with van der Waals surface area (Å²) in [5, 5.41) is 0. The van der Waals surface area contributed by atoms with Crippen molar-refractivity contribution < 1.29 is 9.53 Å². The van der Waals surface area contributed by atoms with E-state index in [-0.39, 0.29) is 28.8 Å². The summed E-state index contributed by atoms with van der Waals surface area (Å²) in [4.78, 5) is 32.9. The Morgan fingerprint density at radius 2 is 2.00 bits per heavy atom. The van der Waals surface area contributed by atoms with Gasteiger partial charge >= 0.3 is 0 Å². The quantitative estimate of drug-likeness (QED) is 0.342. The van der Waals surface area contributed by atoms with Gasteiger partial charge in [-0.2, -0.15) is 4.98 Å². The number of benzene rings is 1. The summed E-state index contributed by atoms with van der Waals surface area (Å²) in [7, 11) is 0. The minimum atomic E-state index is -0.310. The molecular formula is C25H25N3O3S2. The lowest BCUT2D eigenvalue weighted by Crippen LogP contribution is -2.28. The van der Waals surface area contributed by atoms with Gasteiger partial charge < -0.3 is 4.74 Å². The molecule has 0 spiro atoms. The fraction of sp³-hybridized carbons (Fsp3) is 0.280. The van der Waals surface area contributed by atoms with Crippen LogP contribution in [0.5, 0.6) is 11.6 Å². The van der Waals surface area contributed by atoms with Crippen molar-refractivity contribution in [3.05, 3.63) is 74.5 Å². The predicted octanol–water partition coefficient (Wildman–Crippen LogP) is 5.53. The van der Waals surface area contributed by atoms with Crippen LogP contribution in [0, 0.1) is 6.92 Å². The summed E-state index contributed by atoms with van der Waals surface area (Å²) in [6.07, 6.45) is 4.00. The molecule has 8 heteroatoms. The molecule has 33 heavy (non-hydrogen) atoms. The highest BCUT2D eigenvalue weighted by molar-refractivity contribution is 8.26. The van der Waals surface area contributed by atoms with Crippen LogP contribution in [0.1, 0.15) is 49.8 Å². The zero-order chi connectivity index (χ0) is 23.7. The summed E-state index contributed by atoms with van der Waals surface area (Å²) in [6, 6.07) is 11.3. The van der Waals surface area contributed by atoms with E-state index in [4.69, 9.17) is 17.0 Å². The van der Waals surface area contributed by atoms with E-state index in [9.17, 15) is 9.59 Å². The Morgan fingerprint density at radius 1 is 1.21 bits per heavy atom. The van der Waals surface area contributed by atoms with Crippen molar-refractivity contribution in [1.82, 2.24) is 14.3 Å². The van der Waals surface area contributed by atoms with Gasteiger partial charge in [0.15, 0.2) is 0 Å². The summed E-state index contributed by atoms with van der Waals surface area (Å²) in [6.45, 7) is 8.68. The number of ether oxygens (including phenoxy) is 1. The zero-order valence-corrected chi connectivity index (χ0v) is 20.6. The van der Waals surface area contributed by atoms with Crippen LogP contribution in [0.4, 0.5) is 0 Å². The predicted molar refractivity (Wildman–Crippen MR) is 137 cm³/mol. The van der Waals surface area contributed by atoms with Gasteiger partial charge in [0.2, 0.25) is 5.88 Å². The Bertz CT molecular complexity index is 1340. The Labute approximate surface area is 202 Å². The summed E-state index contributed by atoms with van der Waals surface area (Å²) >= 11 is 6.57. The molecule has 3 aromatic rings. The number of fused-ring (bicyclic) bond motifs is 1. The van der Waals surface area contributed by atoms with Crippen molar-refractivity contribution in [2.24, 2.45) is 0 Å². The number of rotatable bonds is 6. The number of thioether (sulfide) groups is 1. The lowest BCUT2D eigenvalue weighted by Gasteiger charge is -2.16. The van der Waals surface area contributed by atoms with Crippen LogP contribution in [0.2, 0.25) is 0 Å². The summed E-state index contributed by atoms with van der Waals surface area (Å²) < 4.78 is 8.22. The van der Waals surface area contributed by atoms with E-state index in [1.165, 1.54) is 16.2 Å². The first-order chi connectivity index (χ1) is 15.8. The van der Waals surface area contributed by atoms with E-state index < -0.39 is 0 Å². The first-order valence-corrected chi connectivity index (χ1v) is 12.1. The summed E-state index contributed by atoms with van der Waals surface area (Å²) in [5.74, 6) is 0.828. The normalized spacial score (nSPS) is 15.3. The smallest absolute Gasteiger partial charge is 0.269 e. The van der Waals surface area contributed by atoms with E-state index >= 15 is 0 Å². The highest BCUT2D eigenvalue weighted by Gasteiger charge is 2.32. The first-order valence-electron chi connectivity index (χ1n) is 10.8. The molecule has 0 N–H and O–H groups in total. The van der Waals surface area contributed by atoms with Crippen LogP contribution >= 0.6 is 24.0 Å². The Kier molecular flexibility index (Phi) is 6.67. The monoisotopic (exact) mass is 479 g/mol. The van der Waals surface area contributed by atoms with Gasteiger partial charge in [0.25, 0.3) is 11.5 Å². The van der Waals surface area contributed by atoms with E-state index in [2.05, 4.69) is 18.8 Å². The molecule has 0 saturated carbocycles. The second-order valence-electron chi connectivity index (χ2n) is 8.20. The topological polar surface area (TPSA) is 63.9 Å². The molecule has 1 aromatic carbocycles. The van der Waals surface area contributed by atoms with Gasteiger partial charge in [-0.1, -0.05) is 63.0 Å². The maximum Gasteiger partial charge on any atom is 0.269 e. The molecule has 0 radical (unpaired) electrons. The number of pyridine rings is 1. The molecule has 3 heterocycles. The van der Waals surface area contributed by atoms with Crippen molar-refractivity contribution in [2.45, 2.75) is 40.0 Å². The average molecular weight is 480 g/mol. The molecule has 0 unspecified atom stereocenters. The number of hydrogen-bond donors (Lipinski definition) is 0. The molecular weight excluding hydrogens is 454 g/mol. The van der Waals surface area contributed by atoms with Crippen LogP contribution < -0.4 is 10.3 Å². The number of aryl methyl sites for hydroxylation is 1. The van der Waals surface area contributed by atoms with Gasteiger partial charge in [-0.05, 0) is 54.7 Å². The molecule has 1 saturated heterocycles. The van der Waals surface area contributed by atoms with Crippen molar-refractivity contribution in [1.29, 1.82) is 0 Å². The van der Waals surface area contributed by atoms with Crippen molar-refractivity contribution in [3.8, 4) is 11.6 Å². The van der Waals surface area contributed by atoms with Crippen LogP contribution in [0.15, 0.2) is 52.3 Å². The highest BCUT2D eigenvalue weighted by atomic mass is 32.2. The second-order valence-corrected chi connectivity index (χ2v) is 9.87. The molecule has 2 aromatic heterocycles. The Balaban J connectivity index is 1.89. The molecule has 1 aliphatic rings. The van der Waals surface area contributed by atoms with E-state index in [0.29, 0.717) is 27.2 Å². The largest absolute Gasteiger partial charge is 0.438 e. The average Bonchev–Trinajstić information content (AvgIpc) is 3.04. The number of aromatic nitrogens is 2. The van der Waals surface area contributed by atoms with Crippen LogP contribution in [-0.4, -0.2) is 31.1 Å². The standard InChI is InChI=1S/C25H25N3O3S2/c1-5-11-28-24(30)20(33-25(28)32)14-18-22(26-21-8-6-7-12-27(21)23(18)29)31-19-13-16(4)9-10-17(19)15(2)3/h6-10,12-15H,5,11H2,1-4H3/b20-14+. The van der Waals surface area contributed by atoms with E-state index in [0.717, 1.165) is 17.5 Å². The minimum absolute atomic E-state index is 0.166. The number of carbonyl (C=O) groups is 1. The highest BCUT2D eigenvalue weighted by Crippen LogP contribution is 2.35. The Hall–Kier alpha value is -2.97. The van der Waals surface area contributed by atoms with Crippen molar-refractivity contribution in [3.63, 3.8) is 0 Å². The van der Waals surface area contributed by atoms with Crippen LogP contribution in [0.25, 0.3) is 11.7 Å². The van der Waals surface area contributed by atoms with E-state index in [1.54, 1.807) is 29.3 Å². The van der Waals surface area contributed by atoms with Crippen LogP contribution in [0.3, 0.4) is 0 Å². The lowest BCUT2D eigenvalue weighted by molar-refractivity contribution is -0.122. The maximum absolute atomic E-state index is 13.4. The maximum atomic E-state index is 13.4. The number of nitrogens with zero attached hydrogens (tertiary/aromatic N) is 3. The third kappa shape index (κ3) is 4.58. The van der Waals surface area contributed by atoms with Gasteiger partial charge in [-0.3, -0.25) is 18.9 Å². The molecule has 0 bridgehead atoms. The van der Waals surface area contributed by atoms with Gasteiger partial charge in [0.05, 0.1) is 4.91 Å². The van der Waals surface area contributed by atoms with Crippen molar-refractivity contribution in [2.75, 3.05) is 6.54 Å². The molecule has 1 fully saturated rings. The molecule has 1 aliphatic heterocycles. The van der Waals surface area contributed by atoms with E-state index in [1.807, 2.05) is 38.1 Å². The lowest BCUT2D eigenvalue weighted by atomic mass is 10.0. The first kappa shape index (κ1) is 23.2. The molecule has 0 atom stereocenters. The number of hydrogen-bond acceptors (Lipinski definition) is 6. The minimum Gasteiger partial charge on any atom is -0.438 e. The third-order valence-corrected chi connectivity index (χ3v) is 6.71. The summed E-state index contributed by atoms with van der Waals surface area (Å²) in [5.41, 5.74) is 2.42. The fourth-order valence-corrected chi connectivity index (χ4v) is 4.93. The van der Waals surface area contributed by atoms with Gasteiger partial charge in [0, 0.05) is 12.7 Å². The SMILES string of the molecule is CCCN1C(=O)/C(=C\c2c(Oc3cc(C)ccc3C(C)C)nc3ccccn3c2=O)SC1=S. The van der Waals surface area contributed by atoms with Crippen LogP contribution in [-0.2, 0) is 4.79 Å². The molecule has 1 amide bonds. The molecule has 6 nitrogen and oxygen atoms in total. The molecule has 4 rings (SSSR count). The third-order valence-electron chi connectivity index (χ3n) is 5.33. The molecule has 170 valence electrons. The fourth-order valence-electron chi connectivity index (χ4n) is 3.64. The number of carbonyl (C=O) groups excluding carboxylic acids is 1. The second kappa shape index (κ2) is 9.49. The number of thiocarbonyl (C=S) groups is 1. The van der Waals surface area contributed by atoms with Gasteiger partial charge in [-0.15, -0.1) is 0 Å². The zero-order valence-electron chi connectivity index (χ0n) is 19.0. The van der Waals surface area contributed by atoms with Crippen molar-refractivity contribution >= 4 is 45.9 Å². The Morgan fingerprint density at radius 3 is 2.73 bits per heavy atom. The number of amides is 1. The van der Waals surface area contributed by atoms with Gasteiger partial charge in [0.1, 0.15) is 21.3 Å². The van der Waals surface area contributed by atoms with Gasteiger partial charge in [-0.25, -0.2) is 0 Å². The molecule has 0 aliphatic carbocycles.